The molecule has 0 radical (unpaired) electrons. The standard InChI is InChI=1S/C25H21N.C24H24N2O/c26-24-19-11-10-18-23(24)25(20-12-4-1-5-13-20,21-14-6-2-7-15-21)22-16-8-3-9-17-22;1-19-11-8-9-16-22(19)24(20-12-4-2-5-13-20,21-14-6-3-7-15-21)26-18-10-17-25-23(26)27/h1-19H,26H2;2-9,11-16H,10,17-18H2,1H3,(H,25,27). The quantitative estimate of drug-likeness (QED) is 0.123. The fraction of sp³-hybridized carbons (Fsp3) is 0.122. The summed E-state index contributed by atoms with van der Waals surface area (Å²) in [5.41, 5.74) is 15.4. The second-order valence-corrected chi connectivity index (χ2v) is 13.4. The Balaban J connectivity index is 0.000000164. The number of aryl methyl sites for hydroxylation is 1. The molecular formula is C49H45N3O. The van der Waals surface area contributed by atoms with Gasteiger partial charge in [0.25, 0.3) is 0 Å². The van der Waals surface area contributed by atoms with E-state index in [0.717, 1.165) is 40.9 Å². The summed E-state index contributed by atoms with van der Waals surface area (Å²) in [5.74, 6) is 0. The normalized spacial score (nSPS) is 13.0. The predicted molar refractivity (Wildman–Crippen MR) is 218 cm³/mol. The Hall–Kier alpha value is -6.39. The maximum atomic E-state index is 13.1. The molecule has 7 aromatic carbocycles. The van der Waals surface area contributed by atoms with Crippen molar-refractivity contribution in [1.29, 1.82) is 0 Å². The molecule has 1 aliphatic rings. The number of nitrogen functional groups attached to an aromatic ring is 1. The molecular weight excluding hydrogens is 647 g/mol. The van der Waals surface area contributed by atoms with E-state index in [0.29, 0.717) is 6.54 Å². The minimum Gasteiger partial charge on any atom is -0.398 e. The zero-order valence-corrected chi connectivity index (χ0v) is 30.1. The molecule has 0 atom stereocenters. The molecule has 1 saturated heterocycles. The maximum absolute atomic E-state index is 13.1. The highest BCUT2D eigenvalue weighted by atomic mass is 16.2. The summed E-state index contributed by atoms with van der Waals surface area (Å²) < 4.78 is 0. The van der Waals surface area contributed by atoms with Crippen LogP contribution in [-0.4, -0.2) is 24.0 Å². The number of nitrogens with zero attached hydrogens (tertiary/aromatic N) is 1. The number of benzene rings is 7. The van der Waals surface area contributed by atoms with E-state index in [2.05, 4.69) is 164 Å². The van der Waals surface area contributed by atoms with Crippen molar-refractivity contribution in [1.82, 2.24) is 10.2 Å². The Labute approximate surface area is 313 Å². The number of para-hydroxylation sites is 1. The molecule has 4 heteroatoms. The molecule has 4 nitrogen and oxygen atoms in total. The average molecular weight is 692 g/mol. The number of carbonyl (C=O) groups is 1. The number of hydrogen-bond acceptors (Lipinski definition) is 2. The second kappa shape index (κ2) is 15.9. The van der Waals surface area contributed by atoms with Gasteiger partial charge in [-0.1, -0.05) is 194 Å². The van der Waals surface area contributed by atoms with Crippen LogP contribution in [0.3, 0.4) is 0 Å². The lowest BCUT2D eigenvalue weighted by molar-refractivity contribution is 0.142. The van der Waals surface area contributed by atoms with Crippen LogP contribution in [0.1, 0.15) is 50.9 Å². The van der Waals surface area contributed by atoms with Crippen LogP contribution >= 0.6 is 0 Å². The van der Waals surface area contributed by atoms with Crippen molar-refractivity contribution in [3.8, 4) is 0 Å². The lowest BCUT2D eigenvalue weighted by Crippen LogP contribution is -2.58. The van der Waals surface area contributed by atoms with Crippen LogP contribution in [0, 0.1) is 6.92 Å². The van der Waals surface area contributed by atoms with Gasteiger partial charge in [-0.05, 0) is 63.9 Å². The summed E-state index contributed by atoms with van der Waals surface area (Å²) in [6, 6.07) is 69.1. The van der Waals surface area contributed by atoms with Crippen LogP contribution in [0.4, 0.5) is 10.5 Å². The van der Waals surface area contributed by atoms with E-state index in [1.54, 1.807) is 0 Å². The highest BCUT2D eigenvalue weighted by Gasteiger charge is 2.46. The number of hydrogen-bond donors (Lipinski definition) is 2. The number of amides is 2. The van der Waals surface area contributed by atoms with E-state index >= 15 is 0 Å². The minimum absolute atomic E-state index is 0.0165. The smallest absolute Gasteiger partial charge is 0.318 e. The van der Waals surface area contributed by atoms with Crippen LogP contribution in [0.2, 0.25) is 0 Å². The van der Waals surface area contributed by atoms with E-state index in [1.807, 2.05) is 53.4 Å². The first-order valence-electron chi connectivity index (χ1n) is 18.3. The van der Waals surface area contributed by atoms with Gasteiger partial charge >= 0.3 is 6.03 Å². The molecule has 3 N–H and O–H groups in total. The van der Waals surface area contributed by atoms with E-state index in [1.165, 1.54) is 22.3 Å². The summed E-state index contributed by atoms with van der Waals surface area (Å²) in [6.07, 6.45) is 0.930. The second-order valence-electron chi connectivity index (χ2n) is 13.4. The lowest BCUT2D eigenvalue weighted by Gasteiger charge is -2.47. The number of anilines is 1. The molecule has 1 aliphatic heterocycles. The fourth-order valence-electron chi connectivity index (χ4n) is 8.09. The molecule has 1 heterocycles. The van der Waals surface area contributed by atoms with Crippen LogP contribution in [0.15, 0.2) is 200 Å². The van der Waals surface area contributed by atoms with Gasteiger partial charge in [0.1, 0.15) is 5.54 Å². The Morgan fingerprint density at radius 3 is 1.28 bits per heavy atom. The molecule has 0 saturated carbocycles. The first-order chi connectivity index (χ1) is 26.1. The molecule has 0 bridgehead atoms. The number of carbonyl (C=O) groups excluding carboxylic acids is 1. The third-order valence-corrected chi connectivity index (χ3v) is 10.4. The van der Waals surface area contributed by atoms with Gasteiger partial charge < -0.3 is 16.0 Å². The molecule has 1 fully saturated rings. The summed E-state index contributed by atoms with van der Waals surface area (Å²) in [6.45, 7) is 3.56. The van der Waals surface area contributed by atoms with Crippen molar-refractivity contribution >= 4 is 11.7 Å². The van der Waals surface area contributed by atoms with Gasteiger partial charge in [0.2, 0.25) is 0 Å². The Morgan fingerprint density at radius 2 is 0.868 bits per heavy atom. The Bertz CT molecular complexity index is 2090. The lowest BCUT2D eigenvalue weighted by atomic mass is 9.64. The highest BCUT2D eigenvalue weighted by Crippen LogP contribution is 2.47. The van der Waals surface area contributed by atoms with Crippen LogP contribution in [0.25, 0.3) is 0 Å². The zero-order valence-electron chi connectivity index (χ0n) is 30.1. The molecule has 7 aromatic rings. The van der Waals surface area contributed by atoms with Gasteiger partial charge in [-0.25, -0.2) is 4.79 Å². The van der Waals surface area contributed by atoms with Crippen molar-refractivity contribution in [3.05, 3.63) is 245 Å². The van der Waals surface area contributed by atoms with E-state index in [-0.39, 0.29) is 6.03 Å². The van der Waals surface area contributed by atoms with E-state index in [9.17, 15) is 4.79 Å². The molecule has 0 unspecified atom stereocenters. The van der Waals surface area contributed by atoms with Crippen molar-refractivity contribution in [2.24, 2.45) is 0 Å². The van der Waals surface area contributed by atoms with Gasteiger partial charge in [0.15, 0.2) is 0 Å². The molecule has 53 heavy (non-hydrogen) atoms. The van der Waals surface area contributed by atoms with Crippen molar-refractivity contribution < 1.29 is 4.79 Å². The van der Waals surface area contributed by atoms with Gasteiger partial charge in [-0.3, -0.25) is 0 Å². The van der Waals surface area contributed by atoms with E-state index < -0.39 is 11.0 Å². The summed E-state index contributed by atoms with van der Waals surface area (Å²) in [5, 5.41) is 3.05. The number of nitrogens with one attached hydrogen (secondary N) is 1. The minimum atomic E-state index is -0.668. The SMILES string of the molecule is Cc1ccccc1C(c1ccccc1)(c1ccccc1)N1CCCNC1=O.Nc1ccccc1C(c1ccccc1)(c1ccccc1)c1ccccc1. The van der Waals surface area contributed by atoms with Gasteiger partial charge in [0.05, 0.1) is 5.41 Å². The van der Waals surface area contributed by atoms with Gasteiger partial charge in [-0.2, -0.15) is 0 Å². The molecule has 8 rings (SSSR count). The fourth-order valence-corrected chi connectivity index (χ4v) is 8.09. The summed E-state index contributed by atoms with van der Waals surface area (Å²) >= 11 is 0. The Kier molecular flexibility index (Phi) is 10.5. The predicted octanol–water partition coefficient (Wildman–Crippen LogP) is 10.4. The third-order valence-electron chi connectivity index (χ3n) is 10.4. The molecule has 0 aliphatic carbocycles. The third kappa shape index (κ3) is 6.60. The zero-order chi connectivity index (χ0) is 36.5. The number of urea groups is 1. The van der Waals surface area contributed by atoms with Gasteiger partial charge in [0, 0.05) is 18.8 Å². The van der Waals surface area contributed by atoms with Crippen LogP contribution < -0.4 is 11.1 Å². The van der Waals surface area contributed by atoms with Crippen molar-refractivity contribution in [2.45, 2.75) is 24.3 Å². The number of rotatable bonds is 8. The summed E-state index contributed by atoms with van der Waals surface area (Å²) in [7, 11) is 0. The van der Waals surface area contributed by atoms with Gasteiger partial charge in [-0.15, -0.1) is 0 Å². The van der Waals surface area contributed by atoms with Crippen LogP contribution in [0.5, 0.6) is 0 Å². The summed E-state index contributed by atoms with van der Waals surface area (Å²) in [4.78, 5) is 15.1. The maximum Gasteiger partial charge on any atom is 0.318 e. The monoisotopic (exact) mass is 691 g/mol. The van der Waals surface area contributed by atoms with E-state index in [4.69, 9.17) is 5.73 Å². The topological polar surface area (TPSA) is 58.4 Å². The Morgan fingerprint density at radius 1 is 0.491 bits per heavy atom. The van der Waals surface area contributed by atoms with Crippen molar-refractivity contribution in [3.63, 3.8) is 0 Å². The molecule has 0 spiro atoms. The van der Waals surface area contributed by atoms with Crippen molar-refractivity contribution in [2.75, 3.05) is 18.8 Å². The first kappa shape index (κ1) is 35.0. The largest absolute Gasteiger partial charge is 0.398 e. The highest BCUT2D eigenvalue weighted by molar-refractivity contribution is 5.78. The van der Waals surface area contributed by atoms with Crippen LogP contribution in [-0.2, 0) is 11.0 Å². The molecule has 2 amide bonds. The first-order valence-corrected chi connectivity index (χ1v) is 18.3. The number of nitrogens with two attached hydrogens (primary N) is 1. The molecule has 262 valence electrons. The molecule has 0 aromatic heterocycles. The average Bonchev–Trinajstić information content (AvgIpc) is 3.23.